The van der Waals surface area contributed by atoms with E-state index in [1.807, 2.05) is 23.1 Å². The number of fused-ring (bicyclic) bond motifs is 1. The third-order valence-corrected chi connectivity index (χ3v) is 4.19. The van der Waals surface area contributed by atoms with Crippen molar-refractivity contribution in [1.82, 2.24) is 19.9 Å². The monoisotopic (exact) mass is 292 g/mol. The molecule has 5 heteroatoms. The van der Waals surface area contributed by atoms with Gasteiger partial charge in [0.05, 0.1) is 11.6 Å². The Morgan fingerprint density at radius 1 is 1.27 bits per heavy atom. The summed E-state index contributed by atoms with van der Waals surface area (Å²) in [4.78, 5) is 26.4. The summed E-state index contributed by atoms with van der Waals surface area (Å²) in [6, 6.07) is 9.75. The van der Waals surface area contributed by atoms with Crippen LogP contribution in [-0.4, -0.2) is 32.3 Å². The van der Waals surface area contributed by atoms with Gasteiger partial charge in [-0.2, -0.15) is 0 Å². The van der Waals surface area contributed by atoms with Gasteiger partial charge >= 0.3 is 0 Å². The van der Waals surface area contributed by atoms with Gasteiger partial charge in [-0.3, -0.25) is 9.78 Å². The Morgan fingerprint density at radius 2 is 2.18 bits per heavy atom. The van der Waals surface area contributed by atoms with E-state index in [-0.39, 0.29) is 11.9 Å². The average Bonchev–Trinajstić information content (AvgIpc) is 3.21. The highest BCUT2D eigenvalue weighted by atomic mass is 16.2. The molecule has 5 nitrogen and oxygen atoms in total. The molecule has 1 saturated heterocycles. The van der Waals surface area contributed by atoms with Gasteiger partial charge in [0.1, 0.15) is 5.65 Å². The van der Waals surface area contributed by atoms with E-state index >= 15 is 0 Å². The van der Waals surface area contributed by atoms with Gasteiger partial charge in [-0.15, -0.1) is 0 Å². The van der Waals surface area contributed by atoms with Crippen LogP contribution >= 0.6 is 0 Å². The van der Waals surface area contributed by atoms with Crippen molar-refractivity contribution in [3.8, 4) is 0 Å². The second kappa shape index (κ2) is 5.26. The zero-order valence-electron chi connectivity index (χ0n) is 12.1. The number of likely N-dealkylation sites (tertiary alicyclic amines) is 1. The molecule has 1 aliphatic rings. The van der Waals surface area contributed by atoms with Gasteiger partial charge in [0.25, 0.3) is 5.91 Å². The minimum absolute atomic E-state index is 0.0437. The lowest BCUT2D eigenvalue weighted by Crippen LogP contribution is -2.30. The van der Waals surface area contributed by atoms with E-state index in [2.05, 4.69) is 21.0 Å². The smallest absolute Gasteiger partial charge is 0.255 e. The zero-order valence-corrected chi connectivity index (χ0v) is 12.1. The van der Waals surface area contributed by atoms with Crippen LogP contribution in [0.15, 0.2) is 48.9 Å². The second-order valence-corrected chi connectivity index (χ2v) is 5.56. The number of nitrogens with zero attached hydrogens (tertiary/aromatic N) is 3. The molecule has 22 heavy (non-hydrogen) atoms. The highest BCUT2D eigenvalue weighted by Crippen LogP contribution is 2.33. The average molecular weight is 292 g/mol. The summed E-state index contributed by atoms with van der Waals surface area (Å²) < 4.78 is 0. The lowest BCUT2D eigenvalue weighted by atomic mass is 10.1. The predicted octanol–water partition coefficient (Wildman–Crippen LogP) is 2.94. The van der Waals surface area contributed by atoms with Crippen LogP contribution in [0.4, 0.5) is 0 Å². The molecular weight excluding hydrogens is 276 g/mol. The molecule has 1 fully saturated rings. The van der Waals surface area contributed by atoms with Gasteiger partial charge in [0, 0.05) is 36.2 Å². The summed E-state index contributed by atoms with van der Waals surface area (Å²) in [6.45, 7) is 0.779. The molecule has 3 aromatic heterocycles. The highest BCUT2D eigenvalue weighted by molar-refractivity contribution is 5.94. The van der Waals surface area contributed by atoms with Crippen molar-refractivity contribution in [2.75, 3.05) is 6.54 Å². The van der Waals surface area contributed by atoms with Gasteiger partial charge in [-0.25, -0.2) is 4.98 Å². The highest BCUT2D eigenvalue weighted by Gasteiger charge is 2.31. The van der Waals surface area contributed by atoms with Crippen LogP contribution in [0.3, 0.4) is 0 Å². The molecule has 4 rings (SSSR count). The van der Waals surface area contributed by atoms with E-state index in [1.165, 1.54) is 0 Å². The van der Waals surface area contributed by atoms with E-state index in [0.29, 0.717) is 5.56 Å². The summed E-state index contributed by atoms with van der Waals surface area (Å²) >= 11 is 0. The molecule has 0 aliphatic carbocycles. The lowest BCUT2D eigenvalue weighted by Gasteiger charge is -2.23. The number of carbonyl (C=O) groups excluding carboxylic acids is 1. The number of aromatic amines is 1. The van der Waals surface area contributed by atoms with Gasteiger partial charge in [0.15, 0.2) is 0 Å². The standard InChI is InChI=1S/C17H16N4O/c22-17(13-5-1-7-18-11-13)21-9-3-6-15(21)14-10-12-4-2-8-19-16(12)20-14/h1-2,4-5,7-8,10-11,15H,3,6,9H2,(H,19,20). The molecule has 110 valence electrons. The summed E-state index contributed by atoms with van der Waals surface area (Å²) in [5.41, 5.74) is 2.57. The molecule has 0 spiro atoms. The molecule has 0 bridgehead atoms. The van der Waals surface area contributed by atoms with E-state index in [0.717, 1.165) is 36.1 Å². The van der Waals surface area contributed by atoms with Gasteiger partial charge < -0.3 is 9.88 Å². The van der Waals surface area contributed by atoms with Crippen LogP contribution in [0, 0.1) is 0 Å². The summed E-state index contributed by atoms with van der Waals surface area (Å²) in [5.74, 6) is 0.0437. The van der Waals surface area contributed by atoms with Crippen LogP contribution in [0.1, 0.15) is 34.9 Å². The first-order chi connectivity index (χ1) is 10.8. The Kier molecular flexibility index (Phi) is 3.11. The van der Waals surface area contributed by atoms with Crippen molar-refractivity contribution in [3.63, 3.8) is 0 Å². The first kappa shape index (κ1) is 13.0. The molecule has 1 aliphatic heterocycles. The normalized spacial score (nSPS) is 18.0. The summed E-state index contributed by atoms with van der Waals surface area (Å²) in [5, 5.41) is 1.08. The van der Waals surface area contributed by atoms with Crippen LogP contribution < -0.4 is 0 Å². The Bertz CT molecular complexity index is 779. The zero-order chi connectivity index (χ0) is 14.9. The van der Waals surface area contributed by atoms with Crippen LogP contribution in [0.2, 0.25) is 0 Å². The number of aromatic nitrogens is 3. The molecule has 4 heterocycles. The van der Waals surface area contributed by atoms with Crippen LogP contribution in [-0.2, 0) is 0 Å². The quantitative estimate of drug-likeness (QED) is 0.790. The Balaban J connectivity index is 1.67. The third kappa shape index (κ3) is 2.15. The third-order valence-electron chi connectivity index (χ3n) is 4.19. The number of hydrogen-bond donors (Lipinski definition) is 1. The minimum atomic E-state index is 0.0437. The van der Waals surface area contributed by atoms with Gasteiger partial charge in [0.2, 0.25) is 0 Å². The maximum absolute atomic E-state index is 12.7. The first-order valence-electron chi connectivity index (χ1n) is 7.47. The number of H-pyrrole nitrogens is 1. The van der Waals surface area contributed by atoms with Crippen molar-refractivity contribution >= 4 is 16.9 Å². The van der Waals surface area contributed by atoms with Crippen molar-refractivity contribution in [3.05, 3.63) is 60.2 Å². The van der Waals surface area contributed by atoms with E-state index < -0.39 is 0 Å². The number of nitrogens with one attached hydrogen (secondary N) is 1. The molecule has 0 aromatic carbocycles. The lowest BCUT2D eigenvalue weighted by molar-refractivity contribution is 0.0733. The van der Waals surface area contributed by atoms with E-state index in [9.17, 15) is 4.79 Å². The largest absolute Gasteiger partial charge is 0.341 e. The molecule has 0 saturated carbocycles. The second-order valence-electron chi connectivity index (χ2n) is 5.56. The fourth-order valence-corrected chi connectivity index (χ4v) is 3.15. The van der Waals surface area contributed by atoms with Crippen molar-refractivity contribution in [1.29, 1.82) is 0 Å². The molecule has 1 atom stereocenters. The number of hydrogen-bond acceptors (Lipinski definition) is 3. The van der Waals surface area contributed by atoms with Crippen molar-refractivity contribution in [2.24, 2.45) is 0 Å². The van der Waals surface area contributed by atoms with E-state index in [1.54, 1.807) is 24.7 Å². The molecular formula is C17H16N4O. The fraction of sp³-hybridized carbons (Fsp3) is 0.235. The number of carbonyl (C=O) groups is 1. The first-order valence-corrected chi connectivity index (χ1v) is 7.47. The Morgan fingerprint density at radius 3 is 3.00 bits per heavy atom. The van der Waals surface area contributed by atoms with Crippen LogP contribution in [0.5, 0.6) is 0 Å². The summed E-state index contributed by atoms with van der Waals surface area (Å²) in [7, 11) is 0. The predicted molar refractivity (Wildman–Crippen MR) is 83.3 cm³/mol. The molecule has 1 unspecified atom stereocenters. The molecule has 3 aromatic rings. The maximum Gasteiger partial charge on any atom is 0.255 e. The molecule has 1 amide bonds. The van der Waals surface area contributed by atoms with Gasteiger partial charge in [-0.05, 0) is 43.2 Å². The topological polar surface area (TPSA) is 61.9 Å². The van der Waals surface area contributed by atoms with E-state index in [4.69, 9.17) is 0 Å². The number of amides is 1. The SMILES string of the molecule is O=C(c1cccnc1)N1CCCC1c1cc2cccnc2[nH]1. The van der Waals surface area contributed by atoms with Crippen LogP contribution in [0.25, 0.3) is 11.0 Å². The summed E-state index contributed by atoms with van der Waals surface area (Å²) in [6.07, 6.45) is 7.07. The minimum Gasteiger partial charge on any atom is -0.341 e. The fourth-order valence-electron chi connectivity index (χ4n) is 3.15. The number of pyridine rings is 2. The maximum atomic E-state index is 12.7. The molecule has 0 radical (unpaired) electrons. The van der Waals surface area contributed by atoms with Gasteiger partial charge in [-0.1, -0.05) is 0 Å². The Labute approximate surface area is 128 Å². The number of rotatable bonds is 2. The molecule has 1 N–H and O–H groups in total. The van der Waals surface area contributed by atoms with Crippen molar-refractivity contribution < 1.29 is 4.79 Å². The Hall–Kier alpha value is -2.69. The van der Waals surface area contributed by atoms with Crippen molar-refractivity contribution in [2.45, 2.75) is 18.9 Å².